The summed E-state index contributed by atoms with van der Waals surface area (Å²) in [6, 6.07) is 15.7. The van der Waals surface area contributed by atoms with Gasteiger partial charge in [-0.15, -0.1) is 0 Å². The number of carbonyl (C=O) groups is 2. The number of pyridine rings is 1. The van der Waals surface area contributed by atoms with E-state index in [4.69, 9.17) is 4.74 Å². The number of aromatic nitrogens is 1. The van der Waals surface area contributed by atoms with Crippen LogP contribution in [0.1, 0.15) is 26.3 Å². The van der Waals surface area contributed by atoms with Crippen LogP contribution in [0.4, 0.5) is 20.2 Å². The molecule has 2 heterocycles. The molecule has 0 aliphatic carbocycles. The van der Waals surface area contributed by atoms with Crippen molar-refractivity contribution in [3.8, 4) is 0 Å². The molecule has 1 fully saturated rings. The van der Waals surface area contributed by atoms with E-state index in [9.17, 15) is 18.4 Å². The Morgan fingerprint density at radius 2 is 1.57 bits per heavy atom. The van der Waals surface area contributed by atoms with Crippen LogP contribution in [0.2, 0.25) is 0 Å². The number of halogens is 2. The Labute approximate surface area is 200 Å². The van der Waals surface area contributed by atoms with Gasteiger partial charge in [-0.2, -0.15) is 0 Å². The number of ether oxygens (including phenoxy) is 1. The molecular formula is C27H21F2N3O3. The minimum Gasteiger partial charge on any atom is -0.378 e. The molecule has 1 saturated heterocycles. The van der Waals surface area contributed by atoms with Gasteiger partial charge < -0.3 is 15.0 Å². The van der Waals surface area contributed by atoms with E-state index >= 15 is 0 Å². The molecule has 0 saturated carbocycles. The Hall–Kier alpha value is -4.17. The average molecular weight is 473 g/mol. The Bertz CT molecular complexity index is 1420. The normalized spacial score (nSPS) is 13.6. The van der Waals surface area contributed by atoms with E-state index in [0.29, 0.717) is 18.8 Å². The number of carbonyl (C=O) groups excluding carboxylic acids is 2. The zero-order valence-electron chi connectivity index (χ0n) is 18.6. The highest BCUT2D eigenvalue weighted by Crippen LogP contribution is 2.24. The molecule has 1 aliphatic heterocycles. The lowest BCUT2D eigenvalue weighted by Crippen LogP contribution is -2.36. The number of benzene rings is 3. The van der Waals surface area contributed by atoms with Crippen LogP contribution in [0.5, 0.6) is 0 Å². The van der Waals surface area contributed by atoms with Gasteiger partial charge in [-0.25, -0.2) is 8.78 Å². The number of anilines is 2. The minimum absolute atomic E-state index is 0.0936. The van der Waals surface area contributed by atoms with Gasteiger partial charge in [0.1, 0.15) is 11.6 Å². The molecule has 1 aromatic heterocycles. The summed E-state index contributed by atoms with van der Waals surface area (Å²) in [5.41, 5.74) is 2.49. The maximum atomic E-state index is 14.3. The Morgan fingerprint density at radius 1 is 0.829 bits per heavy atom. The van der Waals surface area contributed by atoms with Crippen LogP contribution in [0.25, 0.3) is 10.9 Å². The Balaban J connectivity index is 1.40. The van der Waals surface area contributed by atoms with E-state index in [2.05, 4.69) is 15.2 Å². The summed E-state index contributed by atoms with van der Waals surface area (Å²) in [5, 5.41) is 3.35. The second-order valence-corrected chi connectivity index (χ2v) is 8.22. The molecule has 0 radical (unpaired) electrons. The van der Waals surface area contributed by atoms with Crippen molar-refractivity contribution < 1.29 is 23.1 Å². The SMILES string of the molecule is O=C(Nc1cc(F)cc(C(=O)c2ccc3ncc(N4CCOCC4)cc3c2)c1)c1ccc(F)cc1. The largest absolute Gasteiger partial charge is 0.378 e. The number of nitrogens with zero attached hydrogens (tertiary/aromatic N) is 2. The molecule has 35 heavy (non-hydrogen) atoms. The van der Waals surface area contributed by atoms with Gasteiger partial charge >= 0.3 is 0 Å². The van der Waals surface area contributed by atoms with Crippen LogP contribution >= 0.6 is 0 Å². The summed E-state index contributed by atoms with van der Waals surface area (Å²) in [6.07, 6.45) is 1.80. The first kappa shape index (κ1) is 22.6. The van der Waals surface area contributed by atoms with E-state index in [-0.39, 0.29) is 22.6 Å². The fourth-order valence-corrected chi connectivity index (χ4v) is 4.02. The molecule has 4 aromatic rings. The maximum Gasteiger partial charge on any atom is 0.255 e. The highest BCUT2D eigenvalue weighted by Gasteiger charge is 2.16. The first-order chi connectivity index (χ1) is 17.0. The Morgan fingerprint density at radius 3 is 2.34 bits per heavy atom. The topological polar surface area (TPSA) is 71.5 Å². The maximum absolute atomic E-state index is 14.3. The molecule has 8 heteroatoms. The number of hydrogen-bond donors (Lipinski definition) is 1. The highest BCUT2D eigenvalue weighted by molar-refractivity contribution is 6.11. The third kappa shape index (κ3) is 5.02. The third-order valence-corrected chi connectivity index (χ3v) is 5.83. The van der Waals surface area contributed by atoms with E-state index in [0.717, 1.165) is 53.9 Å². The van der Waals surface area contributed by atoms with Crippen LogP contribution in [-0.4, -0.2) is 43.0 Å². The fourth-order valence-electron chi connectivity index (χ4n) is 4.02. The van der Waals surface area contributed by atoms with Gasteiger partial charge in [-0.3, -0.25) is 14.6 Å². The van der Waals surface area contributed by atoms with Gasteiger partial charge in [-0.1, -0.05) is 0 Å². The molecule has 0 spiro atoms. The summed E-state index contributed by atoms with van der Waals surface area (Å²) < 4.78 is 32.9. The van der Waals surface area contributed by atoms with Crippen molar-refractivity contribution in [1.82, 2.24) is 4.98 Å². The zero-order chi connectivity index (χ0) is 24.4. The molecule has 1 amide bonds. The van der Waals surface area contributed by atoms with Crippen LogP contribution in [0.3, 0.4) is 0 Å². The molecule has 0 atom stereocenters. The van der Waals surface area contributed by atoms with E-state index in [1.165, 1.54) is 18.2 Å². The summed E-state index contributed by atoms with van der Waals surface area (Å²) in [6.45, 7) is 2.83. The second kappa shape index (κ2) is 9.60. The minimum atomic E-state index is -0.665. The predicted octanol–water partition coefficient (Wildman–Crippen LogP) is 4.83. The van der Waals surface area contributed by atoms with Crippen LogP contribution < -0.4 is 10.2 Å². The second-order valence-electron chi connectivity index (χ2n) is 8.22. The van der Waals surface area contributed by atoms with Crippen molar-refractivity contribution >= 4 is 34.0 Å². The molecule has 5 rings (SSSR count). The predicted molar refractivity (Wildman–Crippen MR) is 129 cm³/mol. The number of morpholine rings is 1. The first-order valence-electron chi connectivity index (χ1n) is 11.1. The lowest BCUT2D eigenvalue weighted by Gasteiger charge is -2.28. The van der Waals surface area contributed by atoms with Gasteiger partial charge in [0, 0.05) is 40.9 Å². The monoisotopic (exact) mass is 473 g/mol. The van der Waals surface area contributed by atoms with E-state index < -0.39 is 17.5 Å². The summed E-state index contributed by atoms with van der Waals surface area (Å²) in [4.78, 5) is 32.3. The molecule has 1 aliphatic rings. The lowest BCUT2D eigenvalue weighted by molar-refractivity contribution is 0.102. The standard InChI is InChI=1S/C27H21F2N3O3/c28-21-4-1-17(2-5-21)27(34)31-23-13-20(12-22(29)15-23)26(33)18-3-6-25-19(11-18)14-24(16-30-25)32-7-9-35-10-8-32/h1-6,11-16H,7-10H2,(H,31,34). The van der Waals surface area contributed by atoms with Crippen molar-refractivity contribution in [3.05, 3.63) is 101 Å². The third-order valence-electron chi connectivity index (χ3n) is 5.83. The van der Waals surface area contributed by atoms with Crippen molar-refractivity contribution in [2.45, 2.75) is 0 Å². The Kier molecular flexibility index (Phi) is 6.20. The average Bonchev–Trinajstić information content (AvgIpc) is 2.88. The van der Waals surface area contributed by atoms with Gasteiger partial charge in [-0.05, 0) is 66.7 Å². The van der Waals surface area contributed by atoms with Crippen molar-refractivity contribution in [1.29, 1.82) is 0 Å². The van der Waals surface area contributed by atoms with Gasteiger partial charge in [0.05, 0.1) is 30.6 Å². The summed E-state index contributed by atoms with van der Waals surface area (Å²) in [7, 11) is 0. The van der Waals surface area contributed by atoms with Crippen molar-refractivity contribution in [2.24, 2.45) is 0 Å². The summed E-state index contributed by atoms with van der Waals surface area (Å²) in [5.74, 6) is -2.06. The smallest absolute Gasteiger partial charge is 0.255 e. The molecule has 6 nitrogen and oxygen atoms in total. The van der Waals surface area contributed by atoms with Crippen LogP contribution in [0, 0.1) is 11.6 Å². The van der Waals surface area contributed by atoms with Crippen LogP contribution in [0.15, 0.2) is 72.9 Å². The zero-order valence-corrected chi connectivity index (χ0v) is 18.6. The molecule has 0 bridgehead atoms. The molecular weight excluding hydrogens is 452 g/mol. The van der Waals surface area contributed by atoms with Gasteiger partial charge in [0.25, 0.3) is 5.91 Å². The number of fused-ring (bicyclic) bond motifs is 1. The lowest BCUT2D eigenvalue weighted by atomic mass is 10.0. The van der Waals surface area contributed by atoms with Gasteiger partial charge in [0.15, 0.2) is 5.78 Å². The van der Waals surface area contributed by atoms with Crippen molar-refractivity contribution in [2.75, 3.05) is 36.5 Å². The molecule has 176 valence electrons. The number of ketones is 1. The quantitative estimate of drug-likeness (QED) is 0.421. The fraction of sp³-hybridized carbons (Fsp3) is 0.148. The summed E-state index contributed by atoms with van der Waals surface area (Å²) >= 11 is 0. The van der Waals surface area contributed by atoms with Crippen LogP contribution in [-0.2, 0) is 4.74 Å². The van der Waals surface area contributed by atoms with Crippen molar-refractivity contribution in [3.63, 3.8) is 0 Å². The van der Waals surface area contributed by atoms with Gasteiger partial charge in [0.2, 0.25) is 0 Å². The number of amides is 1. The molecule has 3 aromatic carbocycles. The van der Waals surface area contributed by atoms with E-state index in [1.807, 2.05) is 6.07 Å². The van der Waals surface area contributed by atoms with E-state index in [1.54, 1.807) is 24.4 Å². The molecule has 1 N–H and O–H groups in total. The highest BCUT2D eigenvalue weighted by atomic mass is 19.1. The number of hydrogen-bond acceptors (Lipinski definition) is 5. The number of rotatable bonds is 5. The first-order valence-corrected chi connectivity index (χ1v) is 11.1. The number of nitrogens with one attached hydrogen (secondary N) is 1. The molecule has 0 unspecified atom stereocenters.